The second kappa shape index (κ2) is 5.28. The highest BCUT2D eigenvalue weighted by molar-refractivity contribution is 5.85. The largest absolute Gasteiger partial charge is 0.508 e. The summed E-state index contributed by atoms with van der Waals surface area (Å²) in [5.41, 5.74) is 0. The predicted molar refractivity (Wildman–Crippen MR) is 53.4 cm³/mol. The van der Waals surface area contributed by atoms with Crippen molar-refractivity contribution in [2.45, 2.75) is 12.2 Å². The van der Waals surface area contributed by atoms with Crippen LogP contribution >= 0.6 is 0 Å². The Morgan fingerprint density at radius 2 is 1.82 bits per heavy atom. The number of ether oxygens (including phenoxy) is 1. The first-order valence-corrected chi connectivity index (χ1v) is 4.51. The Morgan fingerprint density at radius 3 is 2.35 bits per heavy atom. The molecule has 2 unspecified atom stereocenters. The van der Waals surface area contributed by atoms with E-state index < -0.39 is 24.1 Å². The van der Waals surface area contributed by atoms with Crippen molar-refractivity contribution < 1.29 is 34.8 Å². The summed E-state index contributed by atoms with van der Waals surface area (Å²) < 4.78 is 4.56. The van der Waals surface area contributed by atoms with E-state index in [2.05, 4.69) is 4.74 Å². The van der Waals surface area contributed by atoms with Gasteiger partial charge in [-0.25, -0.2) is 9.59 Å². The third kappa shape index (κ3) is 3.44. The van der Waals surface area contributed by atoms with Crippen molar-refractivity contribution in [2.75, 3.05) is 0 Å². The molecule has 92 valence electrons. The van der Waals surface area contributed by atoms with Crippen LogP contribution in [0.4, 0.5) is 0 Å². The van der Waals surface area contributed by atoms with E-state index in [4.69, 9.17) is 20.4 Å². The van der Waals surface area contributed by atoms with Crippen LogP contribution in [-0.4, -0.2) is 44.6 Å². The predicted octanol–water partition coefficient (Wildman–Crippen LogP) is -0.896. The van der Waals surface area contributed by atoms with Gasteiger partial charge in [0, 0.05) is 6.07 Å². The van der Waals surface area contributed by atoms with Crippen LogP contribution in [0.15, 0.2) is 24.3 Å². The molecule has 0 aliphatic carbocycles. The van der Waals surface area contributed by atoms with Crippen LogP contribution in [0.2, 0.25) is 0 Å². The van der Waals surface area contributed by atoms with Gasteiger partial charge in [-0.15, -0.1) is 0 Å². The van der Waals surface area contributed by atoms with E-state index in [1.807, 2.05) is 0 Å². The van der Waals surface area contributed by atoms with Gasteiger partial charge in [0.15, 0.2) is 12.2 Å². The van der Waals surface area contributed by atoms with Crippen molar-refractivity contribution in [1.29, 1.82) is 0 Å². The molecule has 0 spiro atoms. The third-order valence-electron chi connectivity index (χ3n) is 1.83. The number of aromatic hydroxyl groups is 1. The highest BCUT2D eigenvalue weighted by Crippen LogP contribution is 2.18. The molecule has 0 radical (unpaired) electrons. The van der Waals surface area contributed by atoms with Crippen LogP contribution in [-0.2, 0) is 9.59 Å². The lowest BCUT2D eigenvalue weighted by Crippen LogP contribution is -2.41. The van der Waals surface area contributed by atoms with Crippen molar-refractivity contribution in [1.82, 2.24) is 0 Å². The van der Waals surface area contributed by atoms with Crippen LogP contribution in [0.5, 0.6) is 11.5 Å². The van der Waals surface area contributed by atoms with Gasteiger partial charge in [0.2, 0.25) is 0 Å². The van der Waals surface area contributed by atoms with Crippen LogP contribution in [0, 0.1) is 0 Å². The number of esters is 1. The van der Waals surface area contributed by atoms with Gasteiger partial charge in [-0.2, -0.15) is 0 Å². The summed E-state index contributed by atoms with van der Waals surface area (Å²) in [6, 6.07) is 5.13. The number of carbonyl (C=O) groups is 2. The third-order valence-corrected chi connectivity index (χ3v) is 1.83. The lowest BCUT2D eigenvalue weighted by molar-refractivity contribution is -0.164. The highest BCUT2D eigenvalue weighted by atomic mass is 16.6. The van der Waals surface area contributed by atoms with E-state index in [-0.39, 0.29) is 11.5 Å². The fraction of sp³-hybridized carbons (Fsp3) is 0.200. The molecule has 7 nitrogen and oxygen atoms in total. The molecule has 2 atom stereocenters. The number of carboxylic acid groups (broad SMARTS) is 1. The summed E-state index contributed by atoms with van der Waals surface area (Å²) >= 11 is 0. The summed E-state index contributed by atoms with van der Waals surface area (Å²) in [6.45, 7) is 0. The fourth-order valence-electron chi connectivity index (χ4n) is 0.987. The second-order valence-electron chi connectivity index (χ2n) is 3.15. The van der Waals surface area contributed by atoms with Crippen molar-refractivity contribution in [3.05, 3.63) is 24.3 Å². The summed E-state index contributed by atoms with van der Waals surface area (Å²) in [5, 5.41) is 35.4. The lowest BCUT2D eigenvalue weighted by Gasteiger charge is -2.12. The van der Waals surface area contributed by atoms with E-state index in [9.17, 15) is 9.59 Å². The second-order valence-corrected chi connectivity index (χ2v) is 3.15. The van der Waals surface area contributed by atoms with Gasteiger partial charge >= 0.3 is 11.9 Å². The van der Waals surface area contributed by atoms with Crippen molar-refractivity contribution in [3.63, 3.8) is 0 Å². The number of carbonyl (C=O) groups excluding carboxylic acids is 1. The Kier molecular flexibility index (Phi) is 4.02. The molecular formula is C10H10O7. The molecule has 17 heavy (non-hydrogen) atoms. The molecule has 0 saturated carbocycles. The molecular weight excluding hydrogens is 232 g/mol. The zero-order valence-corrected chi connectivity index (χ0v) is 8.48. The number of carboxylic acids is 1. The van der Waals surface area contributed by atoms with Gasteiger partial charge in [-0.1, -0.05) is 6.07 Å². The van der Waals surface area contributed by atoms with Crippen molar-refractivity contribution in [3.8, 4) is 11.5 Å². The summed E-state index contributed by atoms with van der Waals surface area (Å²) in [7, 11) is 0. The Bertz CT molecular complexity index is 428. The molecule has 0 heterocycles. The van der Waals surface area contributed by atoms with Gasteiger partial charge in [0.25, 0.3) is 0 Å². The number of phenols is 1. The molecule has 0 bridgehead atoms. The van der Waals surface area contributed by atoms with E-state index in [1.165, 1.54) is 18.2 Å². The minimum absolute atomic E-state index is 0.0772. The molecule has 1 aromatic carbocycles. The fourth-order valence-corrected chi connectivity index (χ4v) is 0.987. The SMILES string of the molecule is O=C(O)C(O)C(O)C(=O)Oc1cccc(O)c1. The number of aliphatic hydroxyl groups excluding tert-OH is 2. The quantitative estimate of drug-likeness (QED) is 0.398. The minimum Gasteiger partial charge on any atom is -0.508 e. The summed E-state index contributed by atoms with van der Waals surface area (Å²) in [6.07, 6.45) is -4.46. The molecule has 0 amide bonds. The van der Waals surface area contributed by atoms with Gasteiger partial charge in [0.05, 0.1) is 0 Å². The maximum absolute atomic E-state index is 11.2. The number of aliphatic hydroxyl groups is 2. The monoisotopic (exact) mass is 242 g/mol. The minimum atomic E-state index is -2.26. The summed E-state index contributed by atoms with van der Waals surface area (Å²) in [4.78, 5) is 21.5. The maximum Gasteiger partial charge on any atom is 0.343 e. The molecule has 0 aliphatic rings. The molecule has 0 fully saturated rings. The number of hydrogen-bond donors (Lipinski definition) is 4. The molecule has 0 aliphatic heterocycles. The van der Waals surface area contributed by atoms with Gasteiger partial charge in [-0.3, -0.25) is 0 Å². The first-order chi connectivity index (χ1) is 7.91. The molecule has 7 heteroatoms. The zero-order valence-electron chi connectivity index (χ0n) is 8.48. The number of rotatable bonds is 4. The Hall–Kier alpha value is -2.12. The van der Waals surface area contributed by atoms with Crippen LogP contribution < -0.4 is 4.74 Å². The molecule has 4 N–H and O–H groups in total. The number of phenolic OH excluding ortho intramolecular Hbond substituents is 1. The molecule has 1 rings (SSSR count). The average molecular weight is 242 g/mol. The van der Waals surface area contributed by atoms with E-state index in [0.29, 0.717) is 0 Å². The van der Waals surface area contributed by atoms with Crippen LogP contribution in [0.1, 0.15) is 0 Å². The number of benzene rings is 1. The molecule has 0 aromatic heterocycles. The van der Waals surface area contributed by atoms with E-state index >= 15 is 0 Å². The lowest BCUT2D eigenvalue weighted by atomic mass is 10.2. The maximum atomic E-state index is 11.2. The van der Waals surface area contributed by atoms with E-state index in [1.54, 1.807) is 0 Å². The zero-order chi connectivity index (χ0) is 13.0. The van der Waals surface area contributed by atoms with E-state index in [0.717, 1.165) is 6.07 Å². The highest BCUT2D eigenvalue weighted by Gasteiger charge is 2.31. The number of hydrogen-bond acceptors (Lipinski definition) is 6. The summed E-state index contributed by atoms with van der Waals surface area (Å²) in [5.74, 6) is -3.31. The standard InChI is InChI=1S/C10H10O7/c11-5-2-1-3-6(4-5)17-10(16)8(13)7(12)9(14)15/h1-4,7-8,11-13H,(H,14,15). The van der Waals surface area contributed by atoms with Crippen molar-refractivity contribution in [2.24, 2.45) is 0 Å². The first-order valence-electron chi connectivity index (χ1n) is 4.51. The first kappa shape index (κ1) is 12.9. The average Bonchev–Trinajstić information content (AvgIpc) is 2.26. The smallest absolute Gasteiger partial charge is 0.343 e. The Morgan fingerprint density at radius 1 is 1.18 bits per heavy atom. The number of aliphatic carboxylic acids is 1. The molecule has 1 aromatic rings. The van der Waals surface area contributed by atoms with Crippen LogP contribution in [0.25, 0.3) is 0 Å². The molecule has 0 saturated heterocycles. The normalized spacial score (nSPS) is 13.8. The van der Waals surface area contributed by atoms with Gasteiger partial charge in [0.1, 0.15) is 11.5 Å². The van der Waals surface area contributed by atoms with Gasteiger partial charge in [-0.05, 0) is 12.1 Å². The topological polar surface area (TPSA) is 124 Å². The Balaban J connectivity index is 2.69. The van der Waals surface area contributed by atoms with Crippen molar-refractivity contribution >= 4 is 11.9 Å². The Labute approximate surface area is 95.5 Å². The van der Waals surface area contributed by atoms with Crippen LogP contribution in [0.3, 0.4) is 0 Å². The van der Waals surface area contributed by atoms with Gasteiger partial charge < -0.3 is 25.2 Å².